The van der Waals surface area contributed by atoms with E-state index in [2.05, 4.69) is 11.9 Å². The summed E-state index contributed by atoms with van der Waals surface area (Å²) in [7, 11) is 0. The van der Waals surface area contributed by atoms with E-state index < -0.39 is 0 Å². The van der Waals surface area contributed by atoms with Crippen molar-refractivity contribution in [2.24, 2.45) is 0 Å². The van der Waals surface area contributed by atoms with Gasteiger partial charge in [-0.1, -0.05) is 37.6 Å². The van der Waals surface area contributed by atoms with E-state index in [4.69, 9.17) is 4.74 Å². The highest BCUT2D eigenvalue weighted by Crippen LogP contribution is 2.15. The molecule has 0 unspecified atom stereocenters. The molecule has 0 bridgehead atoms. The number of esters is 1. The van der Waals surface area contributed by atoms with Gasteiger partial charge < -0.3 is 4.74 Å². The molecule has 144 valence electrons. The summed E-state index contributed by atoms with van der Waals surface area (Å²) in [5, 5.41) is 0. The van der Waals surface area contributed by atoms with Crippen molar-refractivity contribution < 1.29 is 13.9 Å². The van der Waals surface area contributed by atoms with Crippen LogP contribution in [0, 0.1) is 5.82 Å². The number of hydrogen-bond acceptors (Lipinski definition) is 3. The molecule has 0 spiro atoms. The maximum Gasteiger partial charge on any atom is 0.343 e. The first-order chi connectivity index (χ1) is 13.6. The smallest absolute Gasteiger partial charge is 0.343 e. The summed E-state index contributed by atoms with van der Waals surface area (Å²) in [5.74, 6) is -0.197. The quantitative estimate of drug-likeness (QED) is 0.482. The van der Waals surface area contributed by atoms with Crippen molar-refractivity contribution in [3.8, 4) is 5.75 Å². The van der Waals surface area contributed by atoms with Crippen LogP contribution >= 0.6 is 0 Å². The van der Waals surface area contributed by atoms with E-state index in [1.54, 1.807) is 36.5 Å². The number of rotatable bonds is 8. The molecule has 1 aromatic heterocycles. The Balaban J connectivity index is 1.53. The number of carbonyl (C=O) groups excluding carboxylic acids is 1. The van der Waals surface area contributed by atoms with E-state index in [0.29, 0.717) is 11.3 Å². The number of pyridine rings is 1. The third-order valence-corrected chi connectivity index (χ3v) is 4.60. The van der Waals surface area contributed by atoms with Crippen LogP contribution in [0.5, 0.6) is 5.75 Å². The van der Waals surface area contributed by atoms with Gasteiger partial charge in [-0.15, -0.1) is 0 Å². The van der Waals surface area contributed by atoms with Crippen molar-refractivity contribution in [1.82, 2.24) is 4.98 Å². The van der Waals surface area contributed by atoms with Crippen LogP contribution in [0.25, 0.3) is 0 Å². The summed E-state index contributed by atoms with van der Waals surface area (Å²) >= 11 is 0. The molecular formula is C24H24FNO2. The van der Waals surface area contributed by atoms with Gasteiger partial charge in [-0.3, -0.25) is 4.98 Å². The molecule has 3 aromatic rings. The van der Waals surface area contributed by atoms with Crippen molar-refractivity contribution in [3.63, 3.8) is 0 Å². The van der Waals surface area contributed by atoms with Crippen molar-refractivity contribution in [3.05, 3.63) is 95.1 Å². The summed E-state index contributed by atoms with van der Waals surface area (Å²) in [4.78, 5) is 16.6. The molecule has 0 atom stereocenters. The van der Waals surface area contributed by atoms with Gasteiger partial charge in [0.15, 0.2) is 0 Å². The third kappa shape index (κ3) is 5.74. The lowest BCUT2D eigenvalue weighted by Gasteiger charge is -2.06. The minimum atomic E-state index is -0.386. The molecule has 0 N–H and O–H groups in total. The summed E-state index contributed by atoms with van der Waals surface area (Å²) in [6.45, 7) is 2.16. The minimum Gasteiger partial charge on any atom is -0.421 e. The summed E-state index contributed by atoms with van der Waals surface area (Å²) in [6.07, 6.45) is 6.39. The van der Waals surface area contributed by atoms with Crippen LogP contribution in [-0.4, -0.2) is 11.0 Å². The lowest BCUT2D eigenvalue weighted by Crippen LogP contribution is -2.09. The molecule has 0 aliphatic carbocycles. The lowest BCUT2D eigenvalue weighted by atomic mass is 10.1. The summed E-state index contributed by atoms with van der Waals surface area (Å²) in [5.41, 5.74) is 3.71. The number of halogens is 1. The van der Waals surface area contributed by atoms with Crippen LogP contribution in [-0.2, 0) is 19.3 Å². The second-order valence-electron chi connectivity index (χ2n) is 6.80. The number of aryl methyl sites for hydroxylation is 3. The van der Waals surface area contributed by atoms with Gasteiger partial charge in [0.1, 0.15) is 11.6 Å². The predicted molar refractivity (Wildman–Crippen MR) is 108 cm³/mol. The van der Waals surface area contributed by atoms with Crippen molar-refractivity contribution in [2.75, 3.05) is 0 Å². The highest BCUT2D eigenvalue weighted by Gasteiger charge is 2.09. The second kappa shape index (κ2) is 9.79. The Kier molecular flexibility index (Phi) is 6.90. The number of benzene rings is 2. The number of nitrogens with zero attached hydrogens (tertiary/aromatic N) is 1. The maximum absolute atomic E-state index is 12.9. The van der Waals surface area contributed by atoms with Crippen molar-refractivity contribution in [1.29, 1.82) is 0 Å². The summed E-state index contributed by atoms with van der Waals surface area (Å²) < 4.78 is 18.3. The van der Waals surface area contributed by atoms with E-state index in [1.807, 2.05) is 18.2 Å². The Hall–Kier alpha value is -3.01. The van der Waals surface area contributed by atoms with E-state index in [0.717, 1.165) is 43.4 Å². The minimum absolute atomic E-state index is 0.233. The van der Waals surface area contributed by atoms with Crippen molar-refractivity contribution >= 4 is 5.97 Å². The molecule has 0 radical (unpaired) electrons. The zero-order valence-electron chi connectivity index (χ0n) is 16.0. The van der Waals surface area contributed by atoms with E-state index in [9.17, 15) is 9.18 Å². The highest BCUT2D eigenvalue weighted by molar-refractivity contribution is 5.91. The van der Waals surface area contributed by atoms with Crippen molar-refractivity contribution in [2.45, 2.75) is 39.0 Å². The first-order valence-corrected chi connectivity index (χ1v) is 9.64. The molecular weight excluding hydrogens is 353 g/mol. The van der Waals surface area contributed by atoms with Crippen LogP contribution in [0.3, 0.4) is 0 Å². The van der Waals surface area contributed by atoms with Gasteiger partial charge >= 0.3 is 5.97 Å². The average molecular weight is 377 g/mol. The van der Waals surface area contributed by atoms with Crippen LogP contribution in [0.4, 0.5) is 4.39 Å². The van der Waals surface area contributed by atoms with Gasteiger partial charge in [0.2, 0.25) is 0 Å². The zero-order valence-corrected chi connectivity index (χ0v) is 16.0. The normalized spacial score (nSPS) is 10.6. The molecule has 2 aromatic carbocycles. The summed E-state index contributed by atoms with van der Waals surface area (Å²) in [6, 6.07) is 17.6. The van der Waals surface area contributed by atoms with Gasteiger partial charge in [0, 0.05) is 5.69 Å². The first kappa shape index (κ1) is 19.7. The molecule has 0 aliphatic heterocycles. The maximum atomic E-state index is 12.9. The van der Waals surface area contributed by atoms with Gasteiger partial charge in [-0.05, 0) is 73.2 Å². The van der Waals surface area contributed by atoms with Crippen LogP contribution < -0.4 is 4.74 Å². The second-order valence-corrected chi connectivity index (χ2v) is 6.80. The SMILES string of the molecule is CCCCc1ccc(C(=O)Oc2ccc(CCc3ccc(F)cc3)nc2)cc1. The van der Waals surface area contributed by atoms with Gasteiger partial charge in [0.25, 0.3) is 0 Å². The third-order valence-electron chi connectivity index (χ3n) is 4.60. The lowest BCUT2D eigenvalue weighted by molar-refractivity contribution is 0.0734. The standard InChI is InChI=1S/C24H24FNO2/c1-2-3-4-18-5-10-20(11-6-18)24(27)28-23-16-15-22(26-17-23)14-9-19-7-12-21(25)13-8-19/h5-8,10-13,15-17H,2-4,9,14H2,1H3. The molecule has 28 heavy (non-hydrogen) atoms. The number of ether oxygens (including phenoxy) is 1. The number of aromatic nitrogens is 1. The van der Waals surface area contributed by atoms with E-state index >= 15 is 0 Å². The Morgan fingerprint density at radius 1 is 0.893 bits per heavy atom. The Morgan fingerprint density at radius 2 is 1.57 bits per heavy atom. The Morgan fingerprint density at radius 3 is 2.21 bits per heavy atom. The fourth-order valence-electron chi connectivity index (χ4n) is 2.90. The molecule has 3 nitrogen and oxygen atoms in total. The van der Waals surface area contributed by atoms with Gasteiger partial charge in [-0.2, -0.15) is 0 Å². The number of carbonyl (C=O) groups is 1. The van der Waals surface area contributed by atoms with Crippen LogP contribution in [0.2, 0.25) is 0 Å². The van der Waals surface area contributed by atoms with E-state index in [1.165, 1.54) is 17.7 Å². The monoisotopic (exact) mass is 377 g/mol. The molecule has 0 saturated carbocycles. The Labute approximate surface area is 165 Å². The fraction of sp³-hybridized carbons (Fsp3) is 0.250. The zero-order chi connectivity index (χ0) is 19.8. The van der Waals surface area contributed by atoms with E-state index in [-0.39, 0.29) is 11.8 Å². The number of hydrogen-bond donors (Lipinski definition) is 0. The average Bonchev–Trinajstić information content (AvgIpc) is 2.73. The molecule has 1 heterocycles. The largest absolute Gasteiger partial charge is 0.421 e. The molecule has 3 rings (SSSR count). The Bertz CT molecular complexity index is 887. The fourth-order valence-corrected chi connectivity index (χ4v) is 2.90. The topological polar surface area (TPSA) is 39.2 Å². The first-order valence-electron chi connectivity index (χ1n) is 9.64. The van der Waals surface area contributed by atoms with Crippen LogP contribution in [0.1, 0.15) is 46.9 Å². The van der Waals surface area contributed by atoms with Crippen LogP contribution in [0.15, 0.2) is 66.9 Å². The van der Waals surface area contributed by atoms with Gasteiger partial charge in [0.05, 0.1) is 11.8 Å². The molecule has 0 saturated heterocycles. The van der Waals surface area contributed by atoms with Gasteiger partial charge in [-0.25, -0.2) is 9.18 Å². The molecule has 0 aliphatic rings. The highest BCUT2D eigenvalue weighted by atomic mass is 19.1. The number of unbranched alkanes of at least 4 members (excludes halogenated alkanes) is 1. The molecule has 0 fully saturated rings. The molecule has 0 amide bonds. The predicted octanol–water partition coefficient (Wildman–Crippen LogP) is 5.57. The molecule has 4 heteroatoms.